The number of rotatable bonds is 3. The van der Waals surface area contributed by atoms with Crippen molar-refractivity contribution in [1.29, 1.82) is 0 Å². The molecule has 3 nitrogen and oxygen atoms in total. The van der Waals surface area contributed by atoms with Gasteiger partial charge in [-0.3, -0.25) is 4.79 Å². The molecule has 0 aliphatic carbocycles. The Morgan fingerprint density at radius 1 is 1.39 bits per heavy atom. The highest BCUT2D eigenvalue weighted by molar-refractivity contribution is 5.76. The van der Waals surface area contributed by atoms with E-state index in [-0.39, 0.29) is 11.9 Å². The lowest BCUT2D eigenvalue weighted by Crippen LogP contribution is -2.58. The van der Waals surface area contributed by atoms with E-state index in [1.807, 2.05) is 17.9 Å². The molecule has 1 aliphatic heterocycles. The Hall–Kier alpha value is -1.35. The van der Waals surface area contributed by atoms with Crippen LogP contribution >= 0.6 is 0 Å². The summed E-state index contributed by atoms with van der Waals surface area (Å²) in [6, 6.07) is 11.1. The van der Waals surface area contributed by atoms with Gasteiger partial charge in [-0.1, -0.05) is 37.3 Å². The smallest absolute Gasteiger partial charge is 0.222 e. The number of nitrogens with zero attached hydrogens (tertiary/aromatic N) is 1. The van der Waals surface area contributed by atoms with Crippen molar-refractivity contribution in [3.05, 3.63) is 35.9 Å². The molecule has 1 amide bonds. The van der Waals surface area contributed by atoms with E-state index < -0.39 is 0 Å². The van der Waals surface area contributed by atoms with E-state index in [1.165, 1.54) is 5.56 Å². The van der Waals surface area contributed by atoms with Crippen LogP contribution in [-0.4, -0.2) is 36.0 Å². The van der Waals surface area contributed by atoms with Gasteiger partial charge in [0, 0.05) is 31.6 Å². The maximum absolute atomic E-state index is 12.0. The van der Waals surface area contributed by atoms with Crippen LogP contribution < -0.4 is 5.32 Å². The summed E-state index contributed by atoms with van der Waals surface area (Å²) in [5.41, 5.74) is 1.30. The summed E-state index contributed by atoms with van der Waals surface area (Å²) in [5.74, 6) is 0.268. The van der Waals surface area contributed by atoms with Crippen LogP contribution in [0.15, 0.2) is 30.3 Å². The largest absolute Gasteiger partial charge is 0.337 e. The molecule has 1 aromatic rings. The van der Waals surface area contributed by atoms with Gasteiger partial charge in [0.1, 0.15) is 0 Å². The topological polar surface area (TPSA) is 32.3 Å². The quantitative estimate of drug-likeness (QED) is 0.882. The van der Waals surface area contributed by atoms with Gasteiger partial charge in [0.05, 0.1) is 0 Å². The van der Waals surface area contributed by atoms with Crippen molar-refractivity contribution in [3.8, 4) is 0 Å². The molecule has 1 aliphatic rings. The minimum Gasteiger partial charge on any atom is -0.337 e. The second-order valence-electron chi connectivity index (χ2n) is 5.05. The molecule has 0 aromatic heterocycles. The Kier molecular flexibility index (Phi) is 4.37. The number of nitrogens with one attached hydrogen (secondary N) is 1. The summed E-state index contributed by atoms with van der Waals surface area (Å²) in [6.45, 7) is 5.79. The summed E-state index contributed by atoms with van der Waals surface area (Å²) < 4.78 is 0. The predicted molar refractivity (Wildman–Crippen MR) is 73.4 cm³/mol. The highest BCUT2D eigenvalue weighted by Crippen LogP contribution is 2.14. The lowest BCUT2D eigenvalue weighted by molar-refractivity contribution is -0.134. The lowest BCUT2D eigenvalue weighted by Gasteiger charge is -2.39. The van der Waals surface area contributed by atoms with Crippen LogP contribution in [-0.2, 0) is 11.2 Å². The van der Waals surface area contributed by atoms with Crippen molar-refractivity contribution < 1.29 is 4.79 Å². The summed E-state index contributed by atoms with van der Waals surface area (Å²) in [4.78, 5) is 14.1. The number of piperazine rings is 1. The molecule has 1 heterocycles. The van der Waals surface area contributed by atoms with E-state index in [2.05, 4.69) is 36.5 Å². The third-order valence-corrected chi connectivity index (χ3v) is 3.55. The standard InChI is InChI=1S/C15H22N2O/c1-3-15(18)17-11-12(2)16-10-14(17)9-13-7-5-4-6-8-13/h4-8,12,14,16H,3,9-11H2,1-2H3. The van der Waals surface area contributed by atoms with Crippen molar-refractivity contribution in [2.45, 2.75) is 38.8 Å². The van der Waals surface area contributed by atoms with Gasteiger partial charge in [0.15, 0.2) is 0 Å². The number of hydrogen-bond donors (Lipinski definition) is 1. The summed E-state index contributed by atoms with van der Waals surface area (Å²) in [5, 5.41) is 3.47. The maximum atomic E-state index is 12.0. The van der Waals surface area contributed by atoms with Crippen LogP contribution in [0.3, 0.4) is 0 Å². The van der Waals surface area contributed by atoms with E-state index >= 15 is 0 Å². The fraction of sp³-hybridized carbons (Fsp3) is 0.533. The Morgan fingerprint density at radius 2 is 2.11 bits per heavy atom. The van der Waals surface area contributed by atoms with Crippen LogP contribution in [0.5, 0.6) is 0 Å². The van der Waals surface area contributed by atoms with Gasteiger partial charge in [-0.25, -0.2) is 0 Å². The third-order valence-electron chi connectivity index (χ3n) is 3.55. The number of carbonyl (C=O) groups excluding carboxylic acids is 1. The van der Waals surface area contributed by atoms with Gasteiger partial charge >= 0.3 is 0 Å². The SMILES string of the molecule is CCC(=O)N1CC(C)NCC1Cc1ccccc1. The highest BCUT2D eigenvalue weighted by atomic mass is 16.2. The zero-order valence-electron chi connectivity index (χ0n) is 11.2. The molecule has 1 aromatic carbocycles. The molecule has 2 atom stereocenters. The minimum atomic E-state index is 0.268. The third kappa shape index (κ3) is 3.10. The first-order valence-electron chi connectivity index (χ1n) is 6.77. The highest BCUT2D eigenvalue weighted by Gasteiger charge is 2.28. The Balaban J connectivity index is 2.07. The lowest BCUT2D eigenvalue weighted by atomic mass is 10.0. The molecule has 2 rings (SSSR count). The van der Waals surface area contributed by atoms with Crippen molar-refractivity contribution in [2.75, 3.05) is 13.1 Å². The molecular formula is C15H22N2O. The molecular weight excluding hydrogens is 224 g/mol. The molecule has 0 spiro atoms. The molecule has 98 valence electrons. The normalized spacial score (nSPS) is 24.0. The number of hydrogen-bond acceptors (Lipinski definition) is 2. The first kappa shape index (κ1) is 13.1. The average Bonchev–Trinajstić information content (AvgIpc) is 2.41. The van der Waals surface area contributed by atoms with Crippen molar-refractivity contribution >= 4 is 5.91 Å². The molecule has 0 bridgehead atoms. The van der Waals surface area contributed by atoms with E-state index in [1.54, 1.807) is 0 Å². The average molecular weight is 246 g/mol. The number of benzene rings is 1. The van der Waals surface area contributed by atoms with Crippen LogP contribution in [0.25, 0.3) is 0 Å². The van der Waals surface area contributed by atoms with Gasteiger partial charge in [-0.2, -0.15) is 0 Å². The van der Waals surface area contributed by atoms with Gasteiger partial charge < -0.3 is 10.2 Å². The van der Waals surface area contributed by atoms with Crippen LogP contribution in [0.1, 0.15) is 25.8 Å². The zero-order valence-corrected chi connectivity index (χ0v) is 11.2. The zero-order chi connectivity index (χ0) is 13.0. The van der Waals surface area contributed by atoms with Crippen molar-refractivity contribution in [3.63, 3.8) is 0 Å². The maximum Gasteiger partial charge on any atom is 0.222 e. The first-order chi connectivity index (χ1) is 8.70. The van der Waals surface area contributed by atoms with E-state index in [4.69, 9.17) is 0 Å². The van der Waals surface area contributed by atoms with Crippen molar-refractivity contribution in [1.82, 2.24) is 10.2 Å². The Morgan fingerprint density at radius 3 is 2.78 bits per heavy atom. The second-order valence-corrected chi connectivity index (χ2v) is 5.05. The van der Waals surface area contributed by atoms with Gasteiger partial charge in [0.25, 0.3) is 0 Å². The van der Waals surface area contributed by atoms with Gasteiger partial charge in [-0.05, 0) is 18.9 Å². The molecule has 2 unspecified atom stereocenters. The fourth-order valence-corrected chi connectivity index (χ4v) is 2.53. The number of amides is 1. The van der Waals surface area contributed by atoms with Crippen molar-refractivity contribution in [2.24, 2.45) is 0 Å². The van der Waals surface area contributed by atoms with E-state index in [0.29, 0.717) is 12.5 Å². The van der Waals surface area contributed by atoms with E-state index in [0.717, 1.165) is 19.5 Å². The van der Waals surface area contributed by atoms with Gasteiger partial charge in [-0.15, -0.1) is 0 Å². The second kappa shape index (κ2) is 6.01. The Bertz CT molecular complexity index is 391. The molecule has 3 heteroatoms. The predicted octanol–water partition coefficient (Wildman–Crippen LogP) is 1.83. The molecule has 0 saturated carbocycles. The van der Waals surface area contributed by atoms with Crippen LogP contribution in [0, 0.1) is 0 Å². The summed E-state index contributed by atoms with van der Waals surface area (Å²) in [6.07, 6.45) is 1.53. The van der Waals surface area contributed by atoms with Gasteiger partial charge in [0.2, 0.25) is 5.91 Å². The molecule has 18 heavy (non-hydrogen) atoms. The monoisotopic (exact) mass is 246 g/mol. The molecule has 1 saturated heterocycles. The van der Waals surface area contributed by atoms with Crippen LogP contribution in [0.4, 0.5) is 0 Å². The molecule has 0 radical (unpaired) electrons. The number of carbonyl (C=O) groups is 1. The molecule has 1 N–H and O–H groups in total. The first-order valence-corrected chi connectivity index (χ1v) is 6.77. The van der Waals surface area contributed by atoms with Crippen LogP contribution in [0.2, 0.25) is 0 Å². The summed E-state index contributed by atoms with van der Waals surface area (Å²) >= 11 is 0. The minimum absolute atomic E-state index is 0.268. The van der Waals surface area contributed by atoms with E-state index in [9.17, 15) is 4.79 Å². The summed E-state index contributed by atoms with van der Waals surface area (Å²) in [7, 11) is 0. The molecule has 1 fully saturated rings. The Labute approximate surface area is 109 Å². The fourth-order valence-electron chi connectivity index (χ4n) is 2.53.